The van der Waals surface area contributed by atoms with Crippen molar-refractivity contribution in [2.75, 3.05) is 19.6 Å². The Balaban J connectivity index is 2.12. The van der Waals surface area contributed by atoms with Crippen molar-refractivity contribution in [2.45, 2.75) is 32.7 Å². The zero-order valence-corrected chi connectivity index (χ0v) is 14.7. The lowest BCUT2D eigenvalue weighted by molar-refractivity contribution is -0.122. The van der Waals surface area contributed by atoms with Gasteiger partial charge in [-0.2, -0.15) is 0 Å². The van der Waals surface area contributed by atoms with Crippen LogP contribution in [-0.2, 0) is 4.79 Å². The van der Waals surface area contributed by atoms with E-state index in [4.69, 9.17) is 0 Å². The summed E-state index contributed by atoms with van der Waals surface area (Å²) in [6.07, 6.45) is 2.13. The van der Waals surface area contributed by atoms with Gasteiger partial charge >= 0.3 is 0 Å². The topological polar surface area (TPSA) is 32.3 Å². The monoisotopic (exact) mass is 324 g/mol. The first-order valence-electron chi connectivity index (χ1n) is 8.86. The Labute approximate surface area is 145 Å². The van der Waals surface area contributed by atoms with Crippen molar-refractivity contribution in [3.8, 4) is 0 Å². The standard InChI is InChI=1S/C21H28N2O/c1-3-15-23(16-4-2)17-20(24)22-21(18-11-7-5-8-12-18)19-13-9-6-10-14-19/h5-14,21H,3-4,15-17H2,1-2H3,(H,22,24). The molecule has 128 valence electrons. The van der Waals surface area contributed by atoms with E-state index in [1.807, 2.05) is 36.4 Å². The molecule has 0 aliphatic heterocycles. The second-order valence-electron chi connectivity index (χ2n) is 6.10. The fourth-order valence-corrected chi connectivity index (χ4v) is 2.96. The highest BCUT2D eigenvalue weighted by atomic mass is 16.2. The van der Waals surface area contributed by atoms with Crippen LogP contribution in [0.3, 0.4) is 0 Å². The van der Waals surface area contributed by atoms with Gasteiger partial charge in [-0.3, -0.25) is 9.69 Å². The highest BCUT2D eigenvalue weighted by Crippen LogP contribution is 2.21. The molecule has 0 saturated heterocycles. The molecule has 0 radical (unpaired) electrons. The van der Waals surface area contributed by atoms with Crippen molar-refractivity contribution in [2.24, 2.45) is 0 Å². The summed E-state index contributed by atoms with van der Waals surface area (Å²) in [5.74, 6) is 0.0783. The van der Waals surface area contributed by atoms with Gasteiger partial charge in [-0.1, -0.05) is 74.5 Å². The maximum Gasteiger partial charge on any atom is 0.234 e. The van der Waals surface area contributed by atoms with Gasteiger partial charge in [0.2, 0.25) is 5.91 Å². The Bertz CT molecular complexity index is 552. The minimum absolute atomic E-state index is 0.0783. The minimum Gasteiger partial charge on any atom is -0.344 e. The van der Waals surface area contributed by atoms with Crippen molar-refractivity contribution in [1.29, 1.82) is 0 Å². The number of rotatable bonds is 9. The van der Waals surface area contributed by atoms with Crippen molar-refractivity contribution in [3.05, 3.63) is 71.8 Å². The van der Waals surface area contributed by atoms with Gasteiger partial charge in [0.15, 0.2) is 0 Å². The van der Waals surface area contributed by atoms with Crippen LogP contribution in [-0.4, -0.2) is 30.4 Å². The van der Waals surface area contributed by atoms with E-state index in [0.29, 0.717) is 6.54 Å². The maximum atomic E-state index is 12.6. The molecule has 0 spiro atoms. The molecule has 3 heteroatoms. The molecule has 1 N–H and O–H groups in total. The summed E-state index contributed by atoms with van der Waals surface area (Å²) in [6.45, 7) is 6.68. The minimum atomic E-state index is -0.106. The Hall–Kier alpha value is -2.13. The summed E-state index contributed by atoms with van der Waals surface area (Å²) in [6, 6.07) is 20.2. The van der Waals surface area contributed by atoms with E-state index >= 15 is 0 Å². The molecule has 1 amide bonds. The lowest BCUT2D eigenvalue weighted by Gasteiger charge is -2.24. The molecule has 0 atom stereocenters. The fourth-order valence-electron chi connectivity index (χ4n) is 2.96. The van der Waals surface area contributed by atoms with Gasteiger partial charge < -0.3 is 5.32 Å². The van der Waals surface area contributed by atoms with Crippen LogP contribution in [0.4, 0.5) is 0 Å². The molecule has 0 bridgehead atoms. The van der Waals surface area contributed by atoms with Gasteiger partial charge in [0.05, 0.1) is 12.6 Å². The van der Waals surface area contributed by atoms with E-state index in [9.17, 15) is 4.79 Å². The molecule has 24 heavy (non-hydrogen) atoms. The van der Waals surface area contributed by atoms with Crippen LogP contribution >= 0.6 is 0 Å². The Morgan fingerprint density at radius 1 is 0.875 bits per heavy atom. The van der Waals surface area contributed by atoms with E-state index in [1.54, 1.807) is 0 Å². The molecule has 0 aliphatic rings. The third-order valence-electron chi connectivity index (χ3n) is 4.02. The molecular formula is C21H28N2O. The lowest BCUT2D eigenvalue weighted by atomic mass is 9.99. The summed E-state index contributed by atoms with van der Waals surface area (Å²) in [5, 5.41) is 3.22. The Morgan fingerprint density at radius 2 is 1.33 bits per heavy atom. The van der Waals surface area contributed by atoms with E-state index in [1.165, 1.54) is 0 Å². The first kappa shape index (κ1) is 18.2. The molecule has 2 aromatic rings. The molecule has 0 aromatic heterocycles. The fraction of sp³-hybridized carbons (Fsp3) is 0.381. The largest absolute Gasteiger partial charge is 0.344 e. The zero-order valence-electron chi connectivity index (χ0n) is 14.7. The van der Waals surface area contributed by atoms with E-state index in [0.717, 1.165) is 37.1 Å². The van der Waals surface area contributed by atoms with Crippen LogP contribution in [0, 0.1) is 0 Å². The molecule has 3 nitrogen and oxygen atoms in total. The van der Waals surface area contributed by atoms with Crippen LogP contribution < -0.4 is 5.32 Å². The molecule has 0 aliphatic carbocycles. The number of hydrogen-bond acceptors (Lipinski definition) is 2. The molecule has 0 saturated carbocycles. The number of carbonyl (C=O) groups excluding carboxylic acids is 1. The Kier molecular flexibility index (Phi) is 7.50. The predicted molar refractivity (Wildman–Crippen MR) is 99.9 cm³/mol. The quantitative estimate of drug-likeness (QED) is 0.756. The second-order valence-corrected chi connectivity index (χ2v) is 6.10. The van der Waals surface area contributed by atoms with Gasteiger partial charge in [-0.05, 0) is 37.1 Å². The zero-order chi connectivity index (χ0) is 17.2. The summed E-state index contributed by atoms with van der Waals surface area (Å²) >= 11 is 0. The summed E-state index contributed by atoms with van der Waals surface area (Å²) in [7, 11) is 0. The second kappa shape index (κ2) is 9.89. The van der Waals surface area contributed by atoms with E-state index < -0.39 is 0 Å². The van der Waals surface area contributed by atoms with Crippen LogP contribution in [0.15, 0.2) is 60.7 Å². The van der Waals surface area contributed by atoms with Crippen molar-refractivity contribution in [3.63, 3.8) is 0 Å². The molecule has 0 unspecified atom stereocenters. The highest BCUT2D eigenvalue weighted by molar-refractivity contribution is 5.79. The molecular weight excluding hydrogens is 296 g/mol. The average molecular weight is 324 g/mol. The summed E-state index contributed by atoms with van der Waals surface area (Å²) < 4.78 is 0. The third kappa shape index (κ3) is 5.50. The maximum absolute atomic E-state index is 12.6. The lowest BCUT2D eigenvalue weighted by Crippen LogP contribution is -2.39. The summed E-state index contributed by atoms with van der Waals surface area (Å²) in [5.41, 5.74) is 2.21. The predicted octanol–water partition coefficient (Wildman–Crippen LogP) is 4.01. The number of nitrogens with zero attached hydrogens (tertiary/aromatic N) is 1. The van der Waals surface area contributed by atoms with Gasteiger partial charge in [0.1, 0.15) is 0 Å². The average Bonchev–Trinajstić information content (AvgIpc) is 2.61. The Morgan fingerprint density at radius 3 is 1.75 bits per heavy atom. The smallest absolute Gasteiger partial charge is 0.234 e. The van der Waals surface area contributed by atoms with Gasteiger partial charge in [0, 0.05) is 0 Å². The van der Waals surface area contributed by atoms with Gasteiger partial charge in [0.25, 0.3) is 0 Å². The number of hydrogen-bond donors (Lipinski definition) is 1. The highest BCUT2D eigenvalue weighted by Gasteiger charge is 2.18. The van der Waals surface area contributed by atoms with Gasteiger partial charge in [-0.25, -0.2) is 0 Å². The first-order chi connectivity index (χ1) is 11.7. The van der Waals surface area contributed by atoms with Crippen LogP contribution in [0.5, 0.6) is 0 Å². The number of nitrogens with one attached hydrogen (secondary N) is 1. The van der Waals surface area contributed by atoms with Crippen molar-refractivity contribution < 1.29 is 4.79 Å². The van der Waals surface area contributed by atoms with Crippen LogP contribution in [0.1, 0.15) is 43.9 Å². The van der Waals surface area contributed by atoms with E-state index in [-0.39, 0.29) is 11.9 Å². The number of benzene rings is 2. The molecule has 0 fully saturated rings. The van der Waals surface area contributed by atoms with Crippen LogP contribution in [0.2, 0.25) is 0 Å². The number of amides is 1. The first-order valence-corrected chi connectivity index (χ1v) is 8.86. The van der Waals surface area contributed by atoms with Crippen LogP contribution in [0.25, 0.3) is 0 Å². The third-order valence-corrected chi connectivity index (χ3v) is 4.02. The SMILES string of the molecule is CCCN(CCC)CC(=O)NC(c1ccccc1)c1ccccc1. The van der Waals surface area contributed by atoms with E-state index in [2.05, 4.69) is 48.3 Å². The van der Waals surface area contributed by atoms with Crippen molar-refractivity contribution in [1.82, 2.24) is 10.2 Å². The number of carbonyl (C=O) groups is 1. The van der Waals surface area contributed by atoms with Crippen molar-refractivity contribution >= 4 is 5.91 Å². The van der Waals surface area contributed by atoms with Gasteiger partial charge in [-0.15, -0.1) is 0 Å². The molecule has 2 rings (SSSR count). The normalized spacial score (nSPS) is 11.0. The molecule has 0 heterocycles. The summed E-state index contributed by atoms with van der Waals surface area (Å²) in [4.78, 5) is 14.8. The molecule has 2 aromatic carbocycles.